The first kappa shape index (κ1) is 10.6. The topological polar surface area (TPSA) is 43.1 Å². The van der Waals surface area contributed by atoms with Gasteiger partial charge in [0.1, 0.15) is 0 Å². The molecule has 0 spiro atoms. The van der Waals surface area contributed by atoms with Gasteiger partial charge in [0, 0.05) is 7.14 Å². The van der Waals surface area contributed by atoms with E-state index in [4.69, 9.17) is 0 Å². The van der Waals surface area contributed by atoms with Gasteiger partial charge in [-0.05, 0) is 57.3 Å². The van der Waals surface area contributed by atoms with Crippen molar-refractivity contribution in [2.45, 2.75) is 0 Å². The predicted octanol–water partition coefficient (Wildman–Crippen LogP) is 4.02. The SMILES string of the molecule is O=[N+]([O-])c1csc2c(I)ccc(I)c12. The van der Waals surface area contributed by atoms with Crippen molar-refractivity contribution in [2.24, 2.45) is 0 Å². The number of halogens is 2. The van der Waals surface area contributed by atoms with E-state index in [1.54, 1.807) is 5.38 Å². The molecule has 0 fully saturated rings. The lowest BCUT2D eigenvalue weighted by Gasteiger charge is -1.96. The first-order valence-corrected chi connectivity index (χ1v) is 6.64. The number of rotatable bonds is 1. The molecule has 3 nitrogen and oxygen atoms in total. The zero-order valence-corrected chi connectivity index (χ0v) is 11.8. The summed E-state index contributed by atoms with van der Waals surface area (Å²) in [5.74, 6) is 0. The van der Waals surface area contributed by atoms with Crippen LogP contribution in [0, 0.1) is 17.3 Å². The largest absolute Gasteiger partial charge is 0.288 e. The summed E-state index contributed by atoms with van der Waals surface area (Å²) in [6.45, 7) is 0. The quantitative estimate of drug-likeness (QED) is 0.389. The van der Waals surface area contributed by atoms with Gasteiger partial charge < -0.3 is 0 Å². The normalized spacial score (nSPS) is 10.7. The van der Waals surface area contributed by atoms with Crippen LogP contribution in [0.25, 0.3) is 10.1 Å². The molecular weight excluding hydrogens is 428 g/mol. The van der Waals surface area contributed by atoms with Gasteiger partial charge in [-0.15, -0.1) is 11.3 Å². The summed E-state index contributed by atoms with van der Waals surface area (Å²) in [4.78, 5) is 10.4. The monoisotopic (exact) mass is 431 g/mol. The van der Waals surface area contributed by atoms with Gasteiger partial charge in [-0.1, -0.05) is 0 Å². The number of thiophene rings is 1. The van der Waals surface area contributed by atoms with Crippen molar-refractivity contribution < 1.29 is 4.92 Å². The lowest BCUT2D eigenvalue weighted by Crippen LogP contribution is -1.87. The van der Waals surface area contributed by atoms with Crippen molar-refractivity contribution >= 4 is 72.3 Å². The average Bonchev–Trinajstić information content (AvgIpc) is 2.56. The van der Waals surface area contributed by atoms with Crippen molar-refractivity contribution in [3.05, 3.63) is 34.8 Å². The van der Waals surface area contributed by atoms with Crippen LogP contribution in [-0.4, -0.2) is 4.92 Å². The molecule has 2 rings (SSSR count). The third-order valence-corrected chi connectivity index (χ3v) is 4.96. The Bertz CT molecular complexity index is 523. The van der Waals surface area contributed by atoms with Crippen LogP contribution in [0.4, 0.5) is 5.69 Å². The number of fused-ring (bicyclic) bond motifs is 1. The molecule has 0 bridgehead atoms. The Morgan fingerprint density at radius 2 is 1.93 bits per heavy atom. The minimum atomic E-state index is -0.322. The Kier molecular flexibility index (Phi) is 2.93. The zero-order valence-electron chi connectivity index (χ0n) is 6.66. The van der Waals surface area contributed by atoms with Crippen molar-refractivity contribution in [3.63, 3.8) is 0 Å². The zero-order chi connectivity index (χ0) is 10.3. The van der Waals surface area contributed by atoms with Crippen molar-refractivity contribution in [2.75, 3.05) is 0 Å². The highest BCUT2D eigenvalue weighted by Gasteiger charge is 2.18. The number of benzene rings is 1. The number of nitrogens with zero attached hydrogens (tertiary/aromatic N) is 1. The van der Waals surface area contributed by atoms with E-state index in [1.807, 2.05) is 12.1 Å². The van der Waals surface area contributed by atoms with E-state index in [9.17, 15) is 10.1 Å². The first-order chi connectivity index (χ1) is 6.61. The number of hydrogen-bond acceptors (Lipinski definition) is 3. The molecule has 0 amide bonds. The fourth-order valence-electron chi connectivity index (χ4n) is 1.20. The molecule has 72 valence electrons. The average molecular weight is 431 g/mol. The highest BCUT2D eigenvalue weighted by molar-refractivity contribution is 14.1. The molecule has 0 aliphatic rings. The van der Waals surface area contributed by atoms with Crippen LogP contribution >= 0.6 is 56.5 Å². The minimum absolute atomic E-state index is 0.216. The van der Waals surface area contributed by atoms with E-state index in [-0.39, 0.29) is 10.6 Å². The van der Waals surface area contributed by atoms with Gasteiger partial charge in [-0.2, -0.15) is 0 Å². The highest BCUT2D eigenvalue weighted by Crippen LogP contribution is 2.37. The number of hydrogen-bond donors (Lipinski definition) is 0. The second-order valence-corrected chi connectivity index (χ2v) is 5.82. The number of nitro groups is 1. The Hall–Kier alpha value is 0.0400. The molecule has 6 heteroatoms. The van der Waals surface area contributed by atoms with Gasteiger partial charge in [0.25, 0.3) is 5.69 Å². The van der Waals surface area contributed by atoms with Crippen LogP contribution in [0.15, 0.2) is 17.5 Å². The Balaban J connectivity index is 2.90. The first-order valence-electron chi connectivity index (χ1n) is 3.61. The highest BCUT2D eigenvalue weighted by atomic mass is 127. The predicted molar refractivity (Wildman–Crippen MR) is 73.9 cm³/mol. The molecular formula is C8H3I2NO2S. The lowest BCUT2D eigenvalue weighted by atomic mass is 10.2. The van der Waals surface area contributed by atoms with E-state index >= 15 is 0 Å². The molecule has 2 aromatic rings. The summed E-state index contributed by atoms with van der Waals surface area (Å²) in [6.07, 6.45) is 0. The smallest absolute Gasteiger partial charge is 0.258 e. The van der Waals surface area contributed by atoms with E-state index < -0.39 is 0 Å². The van der Waals surface area contributed by atoms with E-state index in [0.29, 0.717) is 0 Å². The van der Waals surface area contributed by atoms with Crippen LogP contribution in [-0.2, 0) is 0 Å². The molecule has 0 aliphatic carbocycles. The summed E-state index contributed by atoms with van der Waals surface area (Å²) >= 11 is 5.75. The molecule has 0 saturated carbocycles. The molecule has 1 heterocycles. The molecule has 0 radical (unpaired) electrons. The maximum absolute atomic E-state index is 10.7. The lowest BCUT2D eigenvalue weighted by molar-refractivity contribution is -0.382. The van der Waals surface area contributed by atoms with Gasteiger partial charge in [-0.25, -0.2) is 0 Å². The van der Waals surface area contributed by atoms with Crippen LogP contribution in [0.5, 0.6) is 0 Å². The molecule has 14 heavy (non-hydrogen) atoms. The summed E-state index contributed by atoms with van der Waals surface area (Å²) in [5.41, 5.74) is 0.216. The van der Waals surface area contributed by atoms with E-state index in [1.165, 1.54) is 11.3 Å². The maximum atomic E-state index is 10.7. The van der Waals surface area contributed by atoms with Crippen LogP contribution in [0.1, 0.15) is 0 Å². The third kappa shape index (κ3) is 1.63. The van der Waals surface area contributed by atoms with Crippen molar-refractivity contribution in [3.8, 4) is 0 Å². The van der Waals surface area contributed by atoms with Crippen LogP contribution in [0.3, 0.4) is 0 Å². The van der Waals surface area contributed by atoms with Crippen molar-refractivity contribution in [1.82, 2.24) is 0 Å². The third-order valence-electron chi connectivity index (χ3n) is 1.80. The molecule has 0 unspecified atom stereocenters. The van der Waals surface area contributed by atoms with Gasteiger partial charge in [0.15, 0.2) is 0 Å². The standard InChI is InChI=1S/C8H3I2NO2S/c9-4-1-2-5(10)8-7(4)6(3-14-8)11(12)13/h1-3H. The summed E-state index contributed by atoms with van der Waals surface area (Å²) < 4.78 is 3.01. The maximum Gasteiger partial charge on any atom is 0.288 e. The fraction of sp³-hybridized carbons (Fsp3) is 0. The Morgan fingerprint density at radius 1 is 1.29 bits per heavy atom. The molecule has 0 aliphatic heterocycles. The summed E-state index contributed by atoms with van der Waals surface area (Å²) in [5, 5.41) is 13.1. The van der Waals surface area contributed by atoms with Gasteiger partial charge in [0.05, 0.1) is 20.4 Å². The Morgan fingerprint density at radius 3 is 2.57 bits per heavy atom. The summed E-state index contributed by atoms with van der Waals surface area (Å²) in [6, 6.07) is 3.88. The second kappa shape index (κ2) is 3.89. The fourth-order valence-corrected chi connectivity index (χ4v) is 3.88. The van der Waals surface area contributed by atoms with E-state index in [2.05, 4.69) is 45.2 Å². The van der Waals surface area contributed by atoms with Gasteiger partial charge in [-0.3, -0.25) is 10.1 Å². The second-order valence-electron chi connectivity index (χ2n) is 2.61. The molecule has 0 atom stereocenters. The summed E-state index contributed by atoms with van der Waals surface area (Å²) in [7, 11) is 0. The van der Waals surface area contributed by atoms with Gasteiger partial charge in [0.2, 0.25) is 0 Å². The minimum Gasteiger partial charge on any atom is -0.258 e. The molecule has 1 aromatic carbocycles. The van der Waals surface area contributed by atoms with Crippen molar-refractivity contribution in [1.29, 1.82) is 0 Å². The van der Waals surface area contributed by atoms with Crippen LogP contribution < -0.4 is 0 Å². The Labute approximate surface area is 111 Å². The van der Waals surface area contributed by atoms with Gasteiger partial charge >= 0.3 is 0 Å². The molecule has 0 saturated heterocycles. The molecule has 0 N–H and O–H groups in total. The molecule has 1 aromatic heterocycles. The van der Waals surface area contributed by atoms with E-state index in [0.717, 1.165) is 17.2 Å². The van der Waals surface area contributed by atoms with Crippen LogP contribution in [0.2, 0.25) is 0 Å².